The maximum absolute atomic E-state index is 12.1. The molecular weight excluding hydrogens is 310 g/mol. The molecule has 0 unspecified atom stereocenters. The minimum Gasteiger partial charge on any atom is -0.465 e. The van der Waals surface area contributed by atoms with Crippen LogP contribution >= 0.6 is 0 Å². The Balaban J connectivity index is 1.62. The molecule has 1 saturated heterocycles. The third-order valence-corrected chi connectivity index (χ3v) is 5.83. The van der Waals surface area contributed by atoms with Crippen molar-refractivity contribution >= 4 is 5.97 Å². The van der Waals surface area contributed by atoms with Crippen molar-refractivity contribution in [2.24, 2.45) is 0 Å². The van der Waals surface area contributed by atoms with Crippen LogP contribution in [0.4, 0.5) is 0 Å². The summed E-state index contributed by atoms with van der Waals surface area (Å²) in [6, 6.07) is 17.5. The first-order valence-electron chi connectivity index (χ1n) is 9.26. The summed E-state index contributed by atoms with van der Waals surface area (Å²) in [5.74, 6) is 0.332. The van der Waals surface area contributed by atoms with Gasteiger partial charge in [0.25, 0.3) is 0 Å². The number of carbonyl (C=O) groups is 1. The van der Waals surface area contributed by atoms with Gasteiger partial charge in [0.1, 0.15) is 0 Å². The van der Waals surface area contributed by atoms with Crippen molar-refractivity contribution in [2.45, 2.75) is 44.2 Å². The van der Waals surface area contributed by atoms with Crippen molar-refractivity contribution in [3.63, 3.8) is 0 Å². The van der Waals surface area contributed by atoms with Crippen LogP contribution in [0.2, 0.25) is 0 Å². The predicted molar refractivity (Wildman–Crippen MR) is 98.7 cm³/mol. The lowest BCUT2D eigenvalue weighted by molar-refractivity contribution is 0.0596. The second-order valence-electron chi connectivity index (χ2n) is 7.18. The van der Waals surface area contributed by atoms with Crippen molar-refractivity contribution in [3.8, 4) is 0 Å². The largest absolute Gasteiger partial charge is 0.465 e. The summed E-state index contributed by atoms with van der Waals surface area (Å²) in [5.41, 5.74) is 4.74. The molecule has 130 valence electrons. The molecular formula is C22H25NO2. The molecule has 2 atom stereocenters. The summed E-state index contributed by atoms with van der Waals surface area (Å²) < 4.78 is 4.99. The van der Waals surface area contributed by atoms with Gasteiger partial charge in [-0.1, -0.05) is 42.5 Å². The number of piperidine rings is 1. The van der Waals surface area contributed by atoms with Crippen LogP contribution in [-0.4, -0.2) is 30.6 Å². The van der Waals surface area contributed by atoms with Gasteiger partial charge in [-0.05, 0) is 60.9 Å². The molecule has 0 saturated carbocycles. The molecule has 0 aromatic heterocycles. The van der Waals surface area contributed by atoms with E-state index in [1.807, 2.05) is 12.1 Å². The van der Waals surface area contributed by atoms with E-state index in [0.717, 1.165) is 24.9 Å². The molecule has 25 heavy (non-hydrogen) atoms. The van der Waals surface area contributed by atoms with E-state index in [-0.39, 0.29) is 5.97 Å². The summed E-state index contributed by atoms with van der Waals surface area (Å²) >= 11 is 0. The van der Waals surface area contributed by atoms with Crippen LogP contribution < -0.4 is 0 Å². The van der Waals surface area contributed by atoms with E-state index < -0.39 is 0 Å². The SMILES string of the molecule is COC(=O)c1cccc2c1CC[C@H]1[C@H]2CCCN1Cc1ccccc1. The second-order valence-corrected chi connectivity index (χ2v) is 7.18. The number of likely N-dealkylation sites (tertiary alicyclic amines) is 1. The Bertz CT molecular complexity index is 756. The van der Waals surface area contributed by atoms with Gasteiger partial charge in [0, 0.05) is 12.6 Å². The Labute approximate surface area is 149 Å². The minimum atomic E-state index is -0.202. The van der Waals surface area contributed by atoms with Gasteiger partial charge in [-0.3, -0.25) is 4.90 Å². The summed E-state index contributed by atoms with van der Waals surface area (Å²) in [7, 11) is 1.47. The van der Waals surface area contributed by atoms with Gasteiger partial charge in [0.15, 0.2) is 0 Å². The standard InChI is InChI=1S/C22H25NO2/c1-25-22(24)20-10-5-9-17-18(20)12-13-21-19(17)11-6-14-23(21)15-16-7-3-2-4-8-16/h2-5,7-10,19,21H,6,11-15H2,1H3/t19-,21-/m0/s1. The van der Waals surface area contributed by atoms with E-state index in [0.29, 0.717) is 12.0 Å². The highest BCUT2D eigenvalue weighted by Crippen LogP contribution is 2.42. The Morgan fingerprint density at radius 2 is 1.96 bits per heavy atom. The van der Waals surface area contributed by atoms with Crippen LogP contribution in [0.3, 0.4) is 0 Å². The number of hydrogen-bond donors (Lipinski definition) is 0. The summed E-state index contributed by atoms with van der Waals surface area (Å²) in [6.45, 7) is 2.19. The molecule has 0 amide bonds. The fraction of sp³-hybridized carbons (Fsp3) is 0.409. The highest BCUT2D eigenvalue weighted by atomic mass is 16.5. The summed E-state index contributed by atoms with van der Waals surface area (Å²) in [6.07, 6.45) is 4.52. The lowest BCUT2D eigenvalue weighted by atomic mass is 9.73. The van der Waals surface area contributed by atoms with E-state index in [9.17, 15) is 4.79 Å². The van der Waals surface area contributed by atoms with Gasteiger partial charge in [0.05, 0.1) is 12.7 Å². The molecule has 2 aromatic rings. The van der Waals surface area contributed by atoms with Gasteiger partial charge < -0.3 is 4.74 Å². The van der Waals surface area contributed by atoms with Crippen LogP contribution in [0.25, 0.3) is 0 Å². The van der Waals surface area contributed by atoms with Crippen LogP contribution in [0.15, 0.2) is 48.5 Å². The van der Waals surface area contributed by atoms with E-state index >= 15 is 0 Å². The number of rotatable bonds is 3. The Hall–Kier alpha value is -2.13. The molecule has 3 nitrogen and oxygen atoms in total. The predicted octanol–water partition coefficient (Wildman–Crippen LogP) is 4.17. The number of benzene rings is 2. The zero-order valence-corrected chi connectivity index (χ0v) is 14.8. The average molecular weight is 335 g/mol. The fourth-order valence-electron chi connectivity index (χ4n) is 4.71. The lowest BCUT2D eigenvalue weighted by Crippen LogP contribution is -2.46. The molecule has 1 heterocycles. The molecule has 3 heteroatoms. The summed E-state index contributed by atoms with van der Waals surface area (Å²) in [5, 5.41) is 0. The number of hydrogen-bond acceptors (Lipinski definition) is 3. The topological polar surface area (TPSA) is 29.5 Å². The van der Waals surface area contributed by atoms with Gasteiger partial charge in [-0.25, -0.2) is 4.79 Å². The molecule has 0 radical (unpaired) electrons. The average Bonchev–Trinajstić information content (AvgIpc) is 2.67. The normalized spacial score (nSPS) is 22.8. The smallest absolute Gasteiger partial charge is 0.338 e. The molecule has 1 fully saturated rings. The van der Waals surface area contributed by atoms with Crippen LogP contribution in [0.1, 0.15) is 52.2 Å². The molecule has 2 aliphatic rings. The van der Waals surface area contributed by atoms with Crippen molar-refractivity contribution in [2.75, 3.05) is 13.7 Å². The monoisotopic (exact) mass is 335 g/mol. The van der Waals surface area contributed by atoms with E-state index in [4.69, 9.17) is 4.74 Å². The number of ether oxygens (including phenoxy) is 1. The number of methoxy groups -OCH3 is 1. The van der Waals surface area contributed by atoms with Crippen LogP contribution in [0, 0.1) is 0 Å². The highest BCUT2D eigenvalue weighted by molar-refractivity contribution is 5.91. The Morgan fingerprint density at radius 3 is 2.76 bits per heavy atom. The van der Waals surface area contributed by atoms with E-state index in [1.165, 1.54) is 43.2 Å². The maximum atomic E-state index is 12.1. The van der Waals surface area contributed by atoms with Gasteiger partial charge in [0.2, 0.25) is 0 Å². The quantitative estimate of drug-likeness (QED) is 0.789. The summed E-state index contributed by atoms with van der Waals surface area (Å²) in [4.78, 5) is 14.8. The fourth-order valence-corrected chi connectivity index (χ4v) is 4.71. The first kappa shape index (κ1) is 16.3. The number of carbonyl (C=O) groups excluding carboxylic acids is 1. The third-order valence-electron chi connectivity index (χ3n) is 5.83. The molecule has 0 spiro atoms. The molecule has 1 aliphatic heterocycles. The van der Waals surface area contributed by atoms with Crippen molar-refractivity contribution in [3.05, 3.63) is 70.8 Å². The Morgan fingerprint density at radius 1 is 1.12 bits per heavy atom. The highest BCUT2D eigenvalue weighted by Gasteiger charge is 2.37. The zero-order valence-electron chi connectivity index (χ0n) is 14.8. The number of fused-ring (bicyclic) bond motifs is 3. The van der Waals surface area contributed by atoms with E-state index in [1.54, 1.807) is 0 Å². The van der Waals surface area contributed by atoms with Gasteiger partial charge >= 0.3 is 5.97 Å². The number of esters is 1. The van der Waals surface area contributed by atoms with E-state index in [2.05, 4.69) is 41.3 Å². The molecule has 4 rings (SSSR count). The van der Waals surface area contributed by atoms with Crippen LogP contribution in [-0.2, 0) is 17.7 Å². The third kappa shape index (κ3) is 3.09. The lowest BCUT2D eigenvalue weighted by Gasteiger charge is -2.45. The molecule has 0 N–H and O–H groups in total. The van der Waals surface area contributed by atoms with Crippen molar-refractivity contribution in [1.29, 1.82) is 0 Å². The molecule has 0 bridgehead atoms. The van der Waals surface area contributed by atoms with Gasteiger partial charge in [-0.2, -0.15) is 0 Å². The first-order chi connectivity index (χ1) is 12.3. The first-order valence-corrected chi connectivity index (χ1v) is 9.26. The minimum absolute atomic E-state index is 0.202. The molecule has 2 aromatic carbocycles. The maximum Gasteiger partial charge on any atom is 0.338 e. The van der Waals surface area contributed by atoms with Gasteiger partial charge in [-0.15, -0.1) is 0 Å². The van der Waals surface area contributed by atoms with Crippen molar-refractivity contribution in [1.82, 2.24) is 4.90 Å². The van der Waals surface area contributed by atoms with Crippen LogP contribution in [0.5, 0.6) is 0 Å². The number of nitrogens with zero attached hydrogens (tertiary/aromatic N) is 1. The zero-order chi connectivity index (χ0) is 17.2. The Kier molecular flexibility index (Phi) is 4.58. The molecule has 1 aliphatic carbocycles. The second kappa shape index (κ2) is 7.01. The van der Waals surface area contributed by atoms with Crippen molar-refractivity contribution < 1.29 is 9.53 Å².